The number of para-hydroxylation sites is 1. The maximum absolute atomic E-state index is 12.4. The lowest BCUT2D eigenvalue weighted by molar-refractivity contribution is -0.118. The molecule has 4 rings (SSSR count). The van der Waals surface area contributed by atoms with E-state index in [0.717, 1.165) is 20.8 Å². The van der Waals surface area contributed by atoms with E-state index >= 15 is 0 Å². The van der Waals surface area contributed by atoms with Crippen molar-refractivity contribution in [2.24, 2.45) is 0 Å². The monoisotopic (exact) mass is 458 g/mol. The number of ether oxygens (including phenoxy) is 2. The molecule has 0 radical (unpaired) electrons. The van der Waals surface area contributed by atoms with E-state index in [0.29, 0.717) is 27.2 Å². The van der Waals surface area contributed by atoms with Crippen LogP contribution in [0.15, 0.2) is 60.7 Å². The summed E-state index contributed by atoms with van der Waals surface area (Å²) in [7, 11) is 1.55. The predicted molar refractivity (Wildman–Crippen MR) is 122 cm³/mol. The van der Waals surface area contributed by atoms with Crippen molar-refractivity contribution in [1.29, 1.82) is 0 Å². The van der Waals surface area contributed by atoms with Crippen molar-refractivity contribution in [3.05, 3.63) is 70.7 Å². The zero-order chi connectivity index (χ0) is 21.1. The number of thiazole rings is 1. The van der Waals surface area contributed by atoms with Gasteiger partial charge in [0.2, 0.25) is 0 Å². The van der Waals surface area contributed by atoms with Crippen molar-refractivity contribution in [3.63, 3.8) is 0 Å². The highest BCUT2D eigenvalue weighted by atomic mass is 35.5. The summed E-state index contributed by atoms with van der Waals surface area (Å²) >= 11 is 13.5. The Kier molecular flexibility index (Phi) is 6.08. The number of carbonyl (C=O) groups is 1. The number of amides is 1. The number of nitrogens with zero attached hydrogens (tertiary/aromatic N) is 1. The van der Waals surface area contributed by atoms with Crippen LogP contribution in [0.25, 0.3) is 20.8 Å². The molecule has 4 aromatic rings. The van der Waals surface area contributed by atoms with E-state index in [-0.39, 0.29) is 12.5 Å². The quantitative estimate of drug-likeness (QED) is 0.368. The predicted octanol–water partition coefficient (Wildman–Crippen LogP) is 6.30. The molecule has 0 saturated carbocycles. The van der Waals surface area contributed by atoms with Gasteiger partial charge in [0.25, 0.3) is 5.91 Å². The Morgan fingerprint density at radius 2 is 1.87 bits per heavy atom. The standard InChI is InChI=1S/C22H16Cl2N2O3S/c1-28-19-8-6-13(22-26-16-4-2-3-5-20(16)30-22)10-17(19)25-21(27)12-29-18-9-7-14(23)11-15(18)24/h2-11H,12H2,1H3,(H,25,27). The van der Waals surface area contributed by atoms with Crippen LogP contribution >= 0.6 is 34.5 Å². The zero-order valence-corrected chi connectivity index (χ0v) is 18.1. The summed E-state index contributed by atoms with van der Waals surface area (Å²) in [4.78, 5) is 17.1. The van der Waals surface area contributed by atoms with Crippen molar-refractivity contribution < 1.29 is 14.3 Å². The molecule has 3 aromatic carbocycles. The highest BCUT2D eigenvalue weighted by molar-refractivity contribution is 7.21. The number of carbonyl (C=O) groups excluding carboxylic acids is 1. The van der Waals surface area contributed by atoms with E-state index in [1.807, 2.05) is 36.4 Å². The molecule has 0 aliphatic carbocycles. The van der Waals surface area contributed by atoms with Gasteiger partial charge >= 0.3 is 0 Å². The van der Waals surface area contributed by atoms with Crippen LogP contribution < -0.4 is 14.8 Å². The van der Waals surface area contributed by atoms with Crippen LogP contribution in [-0.2, 0) is 4.79 Å². The normalized spacial score (nSPS) is 10.8. The third-order valence-electron chi connectivity index (χ3n) is 4.27. The Hall–Kier alpha value is -2.80. The Bertz CT molecular complexity index is 1190. The first kappa shape index (κ1) is 20.5. The third-order valence-corrected chi connectivity index (χ3v) is 5.88. The van der Waals surface area contributed by atoms with Crippen LogP contribution in [0.4, 0.5) is 5.69 Å². The average Bonchev–Trinajstić information content (AvgIpc) is 3.17. The Balaban J connectivity index is 1.52. The highest BCUT2D eigenvalue weighted by Crippen LogP contribution is 2.35. The number of halogens is 2. The number of anilines is 1. The van der Waals surface area contributed by atoms with Crippen LogP contribution in [0.3, 0.4) is 0 Å². The second-order valence-corrected chi connectivity index (χ2v) is 8.19. The van der Waals surface area contributed by atoms with Gasteiger partial charge in [0.15, 0.2) is 6.61 Å². The van der Waals surface area contributed by atoms with Gasteiger partial charge in [0.1, 0.15) is 16.5 Å². The number of rotatable bonds is 6. The van der Waals surface area contributed by atoms with Gasteiger partial charge in [-0.2, -0.15) is 0 Å². The van der Waals surface area contributed by atoms with E-state index in [9.17, 15) is 4.79 Å². The lowest BCUT2D eigenvalue weighted by Crippen LogP contribution is -2.20. The molecule has 1 aromatic heterocycles. The lowest BCUT2D eigenvalue weighted by Gasteiger charge is -2.12. The van der Waals surface area contributed by atoms with Crippen LogP contribution in [0.1, 0.15) is 0 Å². The number of fused-ring (bicyclic) bond motifs is 1. The molecule has 0 unspecified atom stereocenters. The molecule has 1 heterocycles. The lowest BCUT2D eigenvalue weighted by atomic mass is 10.2. The molecule has 1 amide bonds. The van der Waals surface area contributed by atoms with Gasteiger partial charge in [0.05, 0.1) is 28.0 Å². The molecule has 0 bridgehead atoms. The Morgan fingerprint density at radius 1 is 1.07 bits per heavy atom. The van der Waals surface area contributed by atoms with Crippen LogP contribution in [0.2, 0.25) is 10.0 Å². The van der Waals surface area contributed by atoms with Crippen molar-refractivity contribution in [1.82, 2.24) is 4.98 Å². The van der Waals surface area contributed by atoms with Crippen LogP contribution in [0, 0.1) is 0 Å². The highest BCUT2D eigenvalue weighted by Gasteiger charge is 2.13. The molecule has 0 aliphatic rings. The second-order valence-electron chi connectivity index (χ2n) is 6.31. The minimum Gasteiger partial charge on any atom is -0.495 e. The molecule has 0 spiro atoms. The molecule has 0 saturated heterocycles. The topological polar surface area (TPSA) is 60.5 Å². The van der Waals surface area contributed by atoms with Crippen LogP contribution in [-0.4, -0.2) is 24.6 Å². The number of hydrogen-bond acceptors (Lipinski definition) is 5. The number of benzene rings is 3. The summed E-state index contributed by atoms with van der Waals surface area (Å²) in [6.07, 6.45) is 0. The molecule has 30 heavy (non-hydrogen) atoms. The van der Waals surface area contributed by atoms with E-state index < -0.39 is 0 Å². The fourth-order valence-corrected chi connectivity index (χ4v) is 4.28. The maximum Gasteiger partial charge on any atom is 0.262 e. The SMILES string of the molecule is COc1ccc(-c2nc3ccccc3s2)cc1NC(=O)COc1ccc(Cl)cc1Cl. The molecule has 8 heteroatoms. The molecular formula is C22H16Cl2N2O3S. The summed E-state index contributed by atoms with van der Waals surface area (Å²) < 4.78 is 12.0. The van der Waals surface area contributed by atoms with Gasteiger partial charge < -0.3 is 14.8 Å². The second kappa shape index (κ2) is 8.92. The van der Waals surface area contributed by atoms with E-state index in [1.165, 1.54) is 0 Å². The first-order valence-corrected chi connectivity index (χ1v) is 10.5. The largest absolute Gasteiger partial charge is 0.495 e. The maximum atomic E-state index is 12.4. The van der Waals surface area contributed by atoms with Crippen molar-refractivity contribution in [3.8, 4) is 22.1 Å². The van der Waals surface area contributed by atoms with Gasteiger partial charge in [-0.05, 0) is 48.5 Å². The van der Waals surface area contributed by atoms with Gasteiger partial charge in [-0.15, -0.1) is 11.3 Å². The van der Waals surface area contributed by atoms with E-state index in [2.05, 4.69) is 10.3 Å². The van der Waals surface area contributed by atoms with Gasteiger partial charge in [0, 0.05) is 10.6 Å². The minimum atomic E-state index is -0.347. The summed E-state index contributed by atoms with van der Waals surface area (Å²) in [5, 5.41) is 4.52. The van der Waals surface area contributed by atoms with Gasteiger partial charge in [-0.1, -0.05) is 35.3 Å². The number of nitrogens with one attached hydrogen (secondary N) is 1. The molecular weight excluding hydrogens is 443 g/mol. The fourth-order valence-electron chi connectivity index (χ4n) is 2.86. The first-order chi connectivity index (χ1) is 14.5. The minimum absolute atomic E-state index is 0.212. The Labute approximate surface area is 187 Å². The van der Waals surface area contributed by atoms with E-state index in [4.69, 9.17) is 32.7 Å². The molecule has 5 nitrogen and oxygen atoms in total. The summed E-state index contributed by atoms with van der Waals surface area (Å²) in [6.45, 7) is -0.212. The molecule has 1 N–H and O–H groups in total. The third kappa shape index (κ3) is 4.51. The number of methoxy groups -OCH3 is 1. The van der Waals surface area contributed by atoms with Crippen molar-refractivity contribution in [2.45, 2.75) is 0 Å². The molecule has 0 atom stereocenters. The zero-order valence-electron chi connectivity index (χ0n) is 15.8. The Morgan fingerprint density at radius 3 is 2.63 bits per heavy atom. The molecule has 0 fully saturated rings. The van der Waals surface area contributed by atoms with Gasteiger partial charge in [-0.3, -0.25) is 4.79 Å². The van der Waals surface area contributed by atoms with Crippen molar-refractivity contribution in [2.75, 3.05) is 19.0 Å². The van der Waals surface area contributed by atoms with Crippen molar-refractivity contribution >= 4 is 56.3 Å². The average molecular weight is 459 g/mol. The van der Waals surface area contributed by atoms with Gasteiger partial charge in [-0.25, -0.2) is 4.98 Å². The molecule has 0 aliphatic heterocycles. The first-order valence-electron chi connectivity index (χ1n) is 8.95. The smallest absolute Gasteiger partial charge is 0.262 e. The number of aromatic nitrogens is 1. The summed E-state index contributed by atoms with van der Waals surface area (Å²) in [5.41, 5.74) is 2.35. The summed E-state index contributed by atoms with van der Waals surface area (Å²) in [5.74, 6) is 0.574. The van der Waals surface area contributed by atoms with E-state index in [1.54, 1.807) is 42.7 Å². The van der Waals surface area contributed by atoms with Crippen LogP contribution in [0.5, 0.6) is 11.5 Å². The molecule has 152 valence electrons. The number of hydrogen-bond donors (Lipinski definition) is 1. The fraction of sp³-hybridized carbons (Fsp3) is 0.0909. The summed E-state index contributed by atoms with van der Waals surface area (Å²) in [6, 6.07) is 18.3.